The minimum absolute atomic E-state index is 0.0530. The SMILES string of the molecule is CNc1c(C(=O)N2CC3CCC2C3)cccc1[N+](=O)[O-]. The Morgan fingerprint density at radius 2 is 2.25 bits per heavy atom. The molecule has 1 amide bonds. The van der Waals surface area contributed by atoms with Gasteiger partial charge in [-0.05, 0) is 31.2 Å². The van der Waals surface area contributed by atoms with Crippen LogP contribution < -0.4 is 5.32 Å². The summed E-state index contributed by atoms with van der Waals surface area (Å²) in [5.74, 6) is 0.519. The molecule has 6 nitrogen and oxygen atoms in total. The van der Waals surface area contributed by atoms with Crippen LogP contribution in [0.25, 0.3) is 0 Å². The van der Waals surface area contributed by atoms with Crippen molar-refractivity contribution < 1.29 is 9.72 Å². The highest BCUT2D eigenvalue weighted by Crippen LogP contribution is 2.39. The van der Waals surface area contributed by atoms with Crippen LogP contribution in [0.4, 0.5) is 11.4 Å². The summed E-state index contributed by atoms with van der Waals surface area (Å²) in [5, 5.41) is 13.8. The number of carbonyl (C=O) groups excluding carboxylic acids is 1. The van der Waals surface area contributed by atoms with E-state index in [4.69, 9.17) is 0 Å². The Hall–Kier alpha value is -2.11. The van der Waals surface area contributed by atoms with E-state index in [1.165, 1.54) is 12.5 Å². The first-order chi connectivity index (χ1) is 9.61. The van der Waals surface area contributed by atoms with Gasteiger partial charge >= 0.3 is 0 Å². The lowest BCUT2D eigenvalue weighted by molar-refractivity contribution is -0.384. The zero-order valence-electron chi connectivity index (χ0n) is 11.3. The molecule has 20 heavy (non-hydrogen) atoms. The van der Waals surface area contributed by atoms with Crippen LogP contribution in [0.1, 0.15) is 29.6 Å². The van der Waals surface area contributed by atoms with Gasteiger partial charge in [0.05, 0.1) is 10.5 Å². The highest BCUT2D eigenvalue weighted by Gasteiger charge is 2.41. The summed E-state index contributed by atoms with van der Waals surface area (Å²) in [6, 6.07) is 4.96. The zero-order valence-corrected chi connectivity index (χ0v) is 11.3. The highest BCUT2D eigenvalue weighted by molar-refractivity contribution is 6.02. The number of amides is 1. The Morgan fingerprint density at radius 3 is 2.80 bits per heavy atom. The van der Waals surface area contributed by atoms with Crippen molar-refractivity contribution >= 4 is 17.3 Å². The van der Waals surface area contributed by atoms with E-state index in [-0.39, 0.29) is 11.6 Å². The van der Waals surface area contributed by atoms with Crippen LogP contribution in [0.15, 0.2) is 18.2 Å². The molecule has 1 saturated heterocycles. The molecule has 0 spiro atoms. The number of anilines is 1. The Balaban J connectivity index is 1.95. The molecule has 6 heteroatoms. The Kier molecular flexibility index (Phi) is 3.08. The number of benzene rings is 1. The summed E-state index contributed by atoms with van der Waals surface area (Å²) in [6.07, 6.45) is 3.33. The van der Waals surface area contributed by atoms with Crippen molar-refractivity contribution in [2.75, 3.05) is 18.9 Å². The van der Waals surface area contributed by atoms with E-state index in [1.807, 2.05) is 4.90 Å². The van der Waals surface area contributed by atoms with Crippen molar-refractivity contribution in [3.63, 3.8) is 0 Å². The molecule has 2 bridgehead atoms. The second kappa shape index (κ2) is 4.77. The predicted molar refractivity (Wildman–Crippen MR) is 74.8 cm³/mol. The van der Waals surface area contributed by atoms with Gasteiger partial charge < -0.3 is 10.2 Å². The summed E-state index contributed by atoms with van der Waals surface area (Å²) in [7, 11) is 1.61. The maximum Gasteiger partial charge on any atom is 0.293 e. The number of carbonyl (C=O) groups is 1. The normalized spacial score (nSPS) is 23.9. The number of likely N-dealkylation sites (tertiary alicyclic amines) is 1. The van der Waals surface area contributed by atoms with Gasteiger partial charge in [-0.2, -0.15) is 0 Å². The molecule has 1 heterocycles. The third-order valence-electron chi connectivity index (χ3n) is 4.39. The molecular formula is C14H17N3O3. The van der Waals surface area contributed by atoms with Crippen molar-refractivity contribution in [2.45, 2.75) is 25.3 Å². The first-order valence-corrected chi connectivity index (χ1v) is 6.88. The molecule has 1 N–H and O–H groups in total. The first-order valence-electron chi connectivity index (χ1n) is 6.88. The van der Waals surface area contributed by atoms with Gasteiger partial charge in [-0.1, -0.05) is 6.07 Å². The summed E-state index contributed by atoms with van der Waals surface area (Å²) in [4.78, 5) is 25.1. The number of rotatable bonds is 3. The average Bonchev–Trinajstić information content (AvgIpc) is 3.08. The van der Waals surface area contributed by atoms with E-state index in [9.17, 15) is 14.9 Å². The second-order valence-corrected chi connectivity index (χ2v) is 5.50. The van der Waals surface area contributed by atoms with Crippen molar-refractivity contribution in [1.82, 2.24) is 4.90 Å². The van der Waals surface area contributed by atoms with E-state index >= 15 is 0 Å². The number of fused-ring (bicyclic) bond motifs is 2. The lowest BCUT2D eigenvalue weighted by Gasteiger charge is -2.27. The van der Waals surface area contributed by atoms with Crippen molar-refractivity contribution in [3.05, 3.63) is 33.9 Å². The van der Waals surface area contributed by atoms with E-state index in [1.54, 1.807) is 19.2 Å². The van der Waals surface area contributed by atoms with Crippen molar-refractivity contribution in [1.29, 1.82) is 0 Å². The molecule has 1 saturated carbocycles. The molecule has 1 aliphatic heterocycles. The van der Waals surface area contributed by atoms with Gasteiger partial charge in [0.25, 0.3) is 11.6 Å². The van der Waals surface area contributed by atoms with Crippen LogP contribution in [0.2, 0.25) is 0 Å². The van der Waals surface area contributed by atoms with Crippen molar-refractivity contribution in [2.24, 2.45) is 5.92 Å². The van der Waals surface area contributed by atoms with Crippen LogP contribution in [0.5, 0.6) is 0 Å². The monoisotopic (exact) mass is 275 g/mol. The third-order valence-corrected chi connectivity index (χ3v) is 4.39. The van der Waals surface area contributed by atoms with E-state index in [0.717, 1.165) is 19.4 Å². The third kappa shape index (κ3) is 1.92. The van der Waals surface area contributed by atoms with E-state index in [2.05, 4.69) is 5.32 Å². The summed E-state index contributed by atoms with van der Waals surface area (Å²) in [6.45, 7) is 0.787. The lowest BCUT2D eigenvalue weighted by Crippen LogP contribution is -2.38. The van der Waals surface area contributed by atoms with E-state index in [0.29, 0.717) is 23.2 Å². The smallest absolute Gasteiger partial charge is 0.293 e. The fourth-order valence-electron chi connectivity index (χ4n) is 3.46. The van der Waals surface area contributed by atoms with Crippen LogP contribution in [0.3, 0.4) is 0 Å². The maximum atomic E-state index is 12.7. The minimum Gasteiger partial charge on any atom is -0.382 e. The molecule has 3 rings (SSSR count). The largest absolute Gasteiger partial charge is 0.382 e. The van der Waals surface area contributed by atoms with Gasteiger partial charge in [-0.15, -0.1) is 0 Å². The van der Waals surface area contributed by atoms with Crippen molar-refractivity contribution in [3.8, 4) is 0 Å². The Bertz CT molecular complexity index is 573. The molecule has 106 valence electrons. The maximum absolute atomic E-state index is 12.7. The van der Waals surface area contributed by atoms with Gasteiger partial charge in [-0.25, -0.2) is 0 Å². The summed E-state index contributed by atoms with van der Waals surface area (Å²) < 4.78 is 0. The topological polar surface area (TPSA) is 75.5 Å². The molecule has 0 aromatic heterocycles. The van der Waals surface area contributed by atoms with Gasteiger partial charge in [0.1, 0.15) is 5.69 Å². The van der Waals surface area contributed by atoms with Crippen LogP contribution >= 0.6 is 0 Å². The number of hydrogen-bond acceptors (Lipinski definition) is 4. The molecule has 1 aromatic carbocycles. The summed E-state index contributed by atoms with van der Waals surface area (Å²) >= 11 is 0. The predicted octanol–water partition coefficient (Wildman–Crippen LogP) is 2.26. The summed E-state index contributed by atoms with van der Waals surface area (Å²) in [5.41, 5.74) is 0.655. The Labute approximate surface area is 116 Å². The molecule has 0 radical (unpaired) electrons. The number of nitro benzene ring substituents is 1. The Morgan fingerprint density at radius 1 is 1.45 bits per heavy atom. The fourth-order valence-corrected chi connectivity index (χ4v) is 3.46. The van der Waals surface area contributed by atoms with Gasteiger partial charge in [0.15, 0.2) is 0 Å². The van der Waals surface area contributed by atoms with Gasteiger partial charge in [0.2, 0.25) is 0 Å². The molecule has 2 aliphatic rings. The number of nitrogens with zero attached hydrogens (tertiary/aromatic N) is 2. The molecule has 2 atom stereocenters. The van der Waals surface area contributed by atoms with Crippen LogP contribution in [-0.2, 0) is 0 Å². The minimum atomic E-state index is -0.460. The van der Waals surface area contributed by atoms with E-state index < -0.39 is 4.92 Å². The molecule has 1 aromatic rings. The highest BCUT2D eigenvalue weighted by atomic mass is 16.6. The van der Waals surface area contributed by atoms with Crippen LogP contribution in [0, 0.1) is 16.0 Å². The molecule has 2 unspecified atom stereocenters. The number of para-hydroxylation sites is 1. The second-order valence-electron chi connectivity index (χ2n) is 5.50. The standard InChI is InChI=1S/C14H17N3O3/c1-15-13-11(3-2-4-12(13)17(19)20)14(18)16-8-9-5-6-10(16)7-9/h2-4,9-10,15H,5-8H2,1H3. The quantitative estimate of drug-likeness (QED) is 0.678. The number of piperidine rings is 1. The van der Waals surface area contributed by atoms with Gasteiger partial charge in [-0.3, -0.25) is 14.9 Å². The molecular weight excluding hydrogens is 258 g/mol. The average molecular weight is 275 g/mol. The lowest BCUT2D eigenvalue weighted by atomic mass is 10.1. The van der Waals surface area contributed by atoms with Gasteiger partial charge in [0, 0.05) is 25.7 Å². The number of nitrogens with one attached hydrogen (secondary N) is 1. The zero-order chi connectivity index (χ0) is 14.3. The number of hydrogen-bond donors (Lipinski definition) is 1. The number of nitro groups is 1. The first kappa shape index (κ1) is 12.9. The molecule has 1 aliphatic carbocycles. The van der Waals surface area contributed by atoms with Crippen LogP contribution in [-0.4, -0.2) is 35.4 Å². The fraction of sp³-hybridized carbons (Fsp3) is 0.500. The molecule has 2 fully saturated rings.